The molecule has 1 saturated heterocycles. The van der Waals surface area contributed by atoms with Crippen LogP contribution in [-0.2, 0) is 9.59 Å². The van der Waals surface area contributed by atoms with Crippen molar-refractivity contribution in [3.05, 3.63) is 46.6 Å². The minimum atomic E-state index is -1.41. The number of carboxylic acid groups (broad SMARTS) is 1. The van der Waals surface area contributed by atoms with E-state index in [1.165, 1.54) is 0 Å². The number of nitrogens with zero attached hydrogens (tertiary/aromatic N) is 3. The highest BCUT2D eigenvalue weighted by molar-refractivity contribution is 6.24. The molecular formula is C15H12N4O3. The molecule has 3 aliphatic heterocycles. The number of carbonyl (C=O) groups is 2. The van der Waals surface area contributed by atoms with E-state index >= 15 is 0 Å². The lowest BCUT2D eigenvalue weighted by atomic mass is 10.0. The lowest BCUT2D eigenvalue weighted by Crippen LogP contribution is -2.49. The van der Waals surface area contributed by atoms with Crippen molar-refractivity contribution >= 4 is 23.7 Å². The number of Topliss-reactive ketones (excluding diaryl/α,β-unsaturated/α-hetero) is 1. The Bertz CT molecular complexity index is 871. The van der Waals surface area contributed by atoms with Gasteiger partial charge in [-0.25, -0.2) is 10.2 Å². The number of carbonyl (C=O) groups excluding carboxylic acids is 1. The molecule has 0 amide bonds. The number of hydrazine groups is 1. The Morgan fingerprint density at radius 1 is 1.36 bits per heavy atom. The van der Waals surface area contributed by atoms with Crippen LogP contribution in [0.1, 0.15) is 0 Å². The minimum absolute atomic E-state index is 0.0328. The number of nitrogens with one attached hydrogen (secondary N) is 1. The van der Waals surface area contributed by atoms with Crippen LogP contribution in [0.2, 0.25) is 0 Å². The fourth-order valence-corrected chi connectivity index (χ4v) is 2.91. The van der Waals surface area contributed by atoms with E-state index in [0.717, 1.165) is 5.70 Å². The van der Waals surface area contributed by atoms with Crippen LogP contribution in [0.25, 0.3) is 5.70 Å². The molecule has 2 N–H and O–H groups in total. The van der Waals surface area contributed by atoms with Gasteiger partial charge in [0.15, 0.2) is 0 Å². The molecular weight excluding hydrogens is 284 g/mol. The number of hydrogen-bond acceptors (Lipinski definition) is 6. The second-order valence-electron chi connectivity index (χ2n) is 5.20. The van der Waals surface area contributed by atoms with E-state index in [9.17, 15) is 14.7 Å². The van der Waals surface area contributed by atoms with Crippen molar-refractivity contribution in [2.75, 3.05) is 6.54 Å². The van der Waals surface area contributed by atoms with Gasteiger partial charge in [-0.15, -0.1) is 0 Å². The summed E-state index contributed by atoms with van der Waals surface area (Å²) in [5.74, 6) is -1.77. The second-order valence-corrected chi connectivity index (χ2v) is 5.20. The summed E-state index contributed by atoms with van der Waals surface area (Å²) in [5.41, 5.74) is 4.29. The van der Waals surface area contributed by atoms with Gasteiger partial charge in [0.05, 0.1) is 11.1 Å². The van der Waals surface area contributed by atoms with Crippen molar-refractivity contribution in [3.63, 3.8) is 0 Å². The molecule has 0 radical (unpaired) electrons. The van der Waals surface area contributed by atoms with Gasteiger partial charge in [-0.3, -0.25) is 19.8 Å². The fourth-order valence-electron chi connectivity index (χ4n) is 2.91. The largest absolute Gasteiger partial charge is 0.479 e. The smallest absolute Gasteiger partial charge is 0.336 e. The Morgan fingerprint density at radius 3 is 3.00 bits per heavy atom. The first-order valence-electron chi connectivity index (χ1n) is 6.88. The molecule has 7 heteroatoms. The van der Waals surface area contributed by atoms with Crippen molar-refractivity contribution in [2.24, 2.45) is 9.98 Å². The molecule has 3 heterocycles. The van der Waals surface area contributed by atoms with Gasteiger partial charge < -0.3 is 5.11 Å². The lowest BCUT2D eigenvalue weighted by Gasteiger charge is -2.25. The third-order valence-corrected chi connectivity index (χ3v) is 3.92. The Hall–Kier alpha value is -2.80. The molecule has 0 aliphatic carbocycles. The van der Waals surface area contributed by atoms with Crippen LogP contribution < -0.4 is 16.0 Å². The zero-order valence-corrected chi connectivity index (χ0v) is 11.4. The highest BCUT2D eigenvalue weighted by atomic mass is 16.4. The SMILES string of the molecule is O=C(O)C1N=c2ccccc2=C(N2NCC3N=CC=C32)C1=O. The predicted octanol–water partition coefficient (Wildman–Crippen LogP) is -1.39. The van der Waals surface area contributed by atoms with Gasteiger partial charge in [0.2, 0.25) is 11.8 Å². The zero-order valence-electron chi connectivity index (χ0n) is 11.4. The molecule has 3 aliphatic rings. The summed E-state index contributed by atoms with van der Waals surface area (Å²) < 4.78 is 0. The van der Waals surface area contributed by atoms with Crippen LogP contribution >= 0.6 is 0 Å². The van der Waals surface area contributed by atoms with Crippen LogP contribution in [0.5, 0.6) is 0 Å². The van der Waals surface area contributed by atoms with Crippen LogP contribution in [-0.4, -0.2) is 46.7 Å². The van der Waals surface area contributed by atoms with Crippen molar-refractivity contribution in [1.82, 2.24) is 10.4 Å². The average molecular weight is 296 g/mol. The number of fused-ring (bicyclic) bond motifs is 2. The van der Waals surface area contributed by atoms with Gasteiger partial charge >= 0.3 is 5.97 Å². The van der Waals surface area contributed by atoms with E-state index in [-0.39, 0.29) is 6.04 Å². The summed E-state index contributed by atoms with van der Waals surface area (Å²) in [6.45, 7) is 0.580. The van der Waals surface area contributed by atoms with Gasteiger partial charge in [0, 0.05) is 18.0 Å². The quantitative estimate of drug-likeness (QED) is 0.655. The van der Waals surface area contributed by atoms with E-state index in [0.29, 0.717) is 22.8 Å². The first-order chi connectivity index (χ1) is 10.7. The van der Waals surface area contributed by atoms with E-state index < -0.39 is 17.8 Å². The molecule has 2 unspecified atom stereocenters. The summed E-state index contributed by atoms with van der Waals surface area (Å²) in [7, 11) is 0. The van der Waals surface area contributed by atoms with E-state index in [1.54, 1.807) is 35.5 Å². The first kappa shape index (κ1) is 12.9. The lowest BCUT2D eigenvalue weighted by molar-refractivity contribution is -0.141. The van der Waals surface area contributed by atoms with Crippen LogP contribution in [0.3, 0.4) is 0 Å². The van der Waals surface area contributed by atoms with Gasteiger partial charge in [-0.1, -0.05) is 18.2 Å². The Labute approximate surface area is 125 Å². The van der Waals surface area contributed by atoms with Crippen LogP contribution in [0, 0.1) is 0 Å². The van der Waals surface area contributed by atoms with E-state index in [1.807, 2.05) is 6.08 Å². The molecule has 7 nitrogen and oxygen atoms in total. The summed E-state index contributed by atoms with van der Waals surface area (Å²) in [6.07, 6.45) is 3.53. The third kappa shape index (κ3) is 1.72. The third-order valence-electron chi connectivity index (χ3n) is 3.92. The number of allylic oxidation sites excluding steroid dienone is 1. The van der Waals surface area contributed by atoms with Crippen molar-refractivity contribution in [1.29, 1.82) is 0 Å². The summed E-state index contributed by atoms with van der Waals surface area (Å²) in [6, 6.07) is 5.62. The van der Waals surface area contributed by atoms with Crippen molar-refractivity contribution in [2.45, 2.75) is 12.1 Å². The topological polar surface area (TPSA) is 94.4 Å². The molecule has 110 valence electrons. The summed E-state index contributed by atoms with van der Waals surface area (Å²) in [4.78, 5) is 32.4. The van der Waals surface area contributed by atoms with E-state index in [2.05, 4.69) is 15.4 Å². The van der Waals surface area contributed by atoms with Crippen molar-refractivity contribution in [3.8, 4) is 0 Å². The molecule has 0 spiro atoms. The molecule has 0 saturated carbocycles. The number of rotatable bonds is 2. The van der Waals surface area contributed by atoms with Crippen LogP contribution in [0.15, 0.2) is 46.0 Å². The molecule has 1 fully saturated rings. The van der Waals surface area contributed by atoms with Gasteiger partial charge in [-0.05, 0) is 12.1 Å². The number of para-hydroxylation sites is 1. The van der Waals surface area contributed by atoms with Gasteiger partial charge in [-0.2, -0.15) is 0 Å². The summed E-state index contributed by atoms with van der Waals surface area (Å²) in [5, 5.41) is 12.1. The minimum Gasteiger partial charge on any atom is -0.479 e. The highest BCUT2D eigenvalue weighted by Crippen LogP contribution is 2.26. The number of hydrogen-bond donors (Lipinski definition) is 2. The molecule has 0 bridgehead atoms. The Balaban J connectivity index is 1.95. The maximum atomic E-state index is 12.6. The molecule has 2 atom stereocenters. The monoisotopic (exact) mass is 296 g/mol. The zero-order chi connectivity index (χ0) is 15.3. The number of carboxylic acids is 1. The predicted molar refractivity (Wildman–Crippen MR) is 77.3 cm³/mol. The average Bonchev–Trinajstić information content (AvgIpc) is 3.10. The maximum absolute atomic E-state index is 12.6. The molecule has 22 heavy (non-hydrogen) atoms. The number of benzene rings is 1. The highest BCUT2D eigenvalue weighted by Gasteiger charge is 2.39. The standard InChI is InChI=1S/C15H12N4O3/c20-14-12(15(21)22)18-9-4-2-1-3-8(9)13(14)19-11-5-6-16-10(11)7-17-19/h1-6,10,12,17H,7H2,(H,21,22). The number of aliphatic carboxylic acids is 1. The molecule has 1 aromatic carbocycles. The molecule has 4 rings (SSSR count). The maximum Gasteiger partial charge on any atom is 0.336 e. The number of aliphatic imine (C=N–C) groups is 1. The second kappa shape index (κ2) is 4.60. The fraction of sp³-hybridized carbons (Fsp3) is 0.200. The number of ketones is 1. The van der Waals surface area contributed by atoms with Crippen molar-refractivity contribution < 1.29 is 14.7 Å². The molecule has 1 aromatic rings. The normalized spacial score (nSPS) is 25.6. The first-order valence-corrected chi connectivity index (χ1v) is 6.88. The Morgan fingerprint density at radius 2 is 2.18 bits per heavy atom. The van der Waals surface area contributed by atoms with Crippen LogP contribution in [0.4, 0.5) is 0 Å². The van der Waals surface area contributed by atoms with Gasteiger partial charge in [0.25, 0.3) is 0 Å². The van der Waals surface area contributed by atoms with Gasteiger partial charge in [0.1, 0.15) is 11.7 Å². The van der Waals surface area contributed by atoms with E-state index in [4.69, 9.17) is 0 Å². The summed E-state index contributed by atoms with van der Waals surface area (Å²) >= 11 is 0. The Kier molecular flexibility index (Phi) is 2.70. The molecule has 0 aromatic heterocycles.